The average molecular weight is 265 g/mol. The van der Waals surface area contributed by atoms with Gasteiger partial charge in [-0.15, -0.1) is 0 Å². The molecule has 1 aromatic rings. The van der Waals surface area contributed by atoms with Gasteiger partial charge in [-0.2, -0.15) is 0 Å². The molecule has 7 heteroatoms. The molecule has 2 amide bonds. The van der Waals surface area contributed by atoms with Crippen LogP contribution in [0.25, 0.3) is 0 Å². The van der Waals surface area contributed by atoms with Gasteiger partial charge in [0, 0.05) is 18.8 Å². The molecule has 1 heterocycles. The van der Waals surface area contributed by atoms with Gasteiger partial charge in [0.15, 0.2) is 0 Å². The van der Waals surface area contributed by atoms with Gasteiger partial charge in [0.2, 0.25) is 11.8 Å². The number of aliphatic carboxylic acids is 1. The number of carboxylic acids is 1. The van der Waals surface area contributed by atoms with E-state index >= 15 is 0 Å². The zero-order valence-electron chi connectivity index (χ0n) is 10.3. The molecule has 0 aliphatic rings. The number of carbonyl (C=O) groups excluding carboxylic acids is 2. The average Bonchev–Trinajstić information content (AvgIpc) is 2.35. The minimum absolute atomic E-state index is 0.103. The Morgan fingerprint density at radius 3 is 2.58 bits per heavy atom. The van der Waals surface area contributed by atoms with Gasteiger partial charge in [0.1, 0.15) is 6.54 Å². The third-order valence-electron chi connectivity index (χ3n) is 2.38. The van der Waals surface area contributed by atoms with Crippen molar-refractivity contribution >= 4 is 17.8 Å². The molecule has 0 unspecified atom stereocenters. The highest BCUT2D eigenvalue weighted by Crippen LogP contribution is 2.03. The molecular weight excluding hydrogens is 250 g/mol. The fraction of sp³-hybridized carbons (Fsp3) is 0.333. The smallest absolute Gasteiger partial charge is 0.323 e. The van der Waals surface area contributed by atoms with E-state index in [0.717, 1.165) is 10.5 Å². The SMILES string of the molecule is NC(=O)CN(CC(=O)O)C(=O)CCc1cccnc1. The van der Waals surface area contributed by atoms with Crippen LogP contribution in [0.15, 0.2) is 24.5 Å². The summed E-state index contributed by atoms with van der Waals surface area (Å²) in [6, 6.07) is 3.56. The van der Waals surface area contributed by atoms with E-state index in [1.165, 1.54) is 0 Å². The van der Waals surface area contributed by atoms with Gasteiger partial charge in [0.05, 0.1) is 6.54 Å². The van der Waals surface area contributed by atoms with Crippen molar-refractivity contribution in [2.45, 2.75) is 12.8 Å². The molecule has 3 N–H and O–H groups in total. The molecule has 7 nitrogen and oxygen atoms in total. The molecule has 0 fully saturated rings. The monoisotopic (exact) mass is 265 g/mol. The number of nitrogens with zero attached hydrogens (tertiary/aromatic N) is 2. The third-order valence-corrected chi connectivity index (χ3v) is 2.38. The summed E-state index contributed by atoms with van der Waals surface area (Å²) in [5.74, 6) is -2.35. The minimum atomic E-state index is -1.18. The molecule has 102 valence electrons. The first-order valence-electron chi connectivity index (χ1n) is 5.66. The fourth-order valence-electron chi connectivity index (χ4n) is 1.54. The van der Waals surface area contributed by atoms with E-state index in [1.54, 1.807) is 18.5 Å². The number of aryl methyl sites for hydroxylation is 1. The predicted molar refractivity (Wildman–Crippen MR) is 66.0 cm³/mol. The van der Waals surface area contributed by atoms with Gasteiger partial charge >= 0.3 is 5.97 Å². The van der Waals surface area contributed by atoms with Crippen molar-refractivity contribution in [3.8, 4) is 0 Å². The molecule has 1 aromatic heterocycles. The standard InChI is InChI=1S/C12H15N3O4/c13-10(16)7-15(8-12(18)19)11(17)4-3-9-2-1-5-14-6-9/h1-2,5-6H,3-4,7-8H2,(H2,13,16)(H,18,19). The molecule has 0 aromatic carbocycles. The van der Waals surface area contributed by atoms with Crippen LogP contribution < -0.4 is 5.73 Å². The summed E-state index contributed by atoms with van der Waals surface area (Å²) in [4.78, 5) is 38.1. The first-order chi connectivity index (χ1) is 8.99. The van der Waals surface area contributed by atoms with Crippen LogP contribution in [0.1, 0.15) is 12.0 Å². The first-order valence-corrected chi connectivity index (χ1v) is 5.66. The Balaban J connectivity index is 2.56. The van der Waals surface area contributed by atoms with Crippen LogP contribution >= 0.6 is 0 Å². The molecule has 1 rings (SSSR count). The third kappa shape index (κ3) is 5.62. The highest BCUT2D eigenvalue weighted by molar-refractivity contribution is 5.86. The molecule has 19 heavy (non-hydrogen) atoms. The number of rotatable bonds is 7. The van der Waals surface area contributed by atoms with E-state index in [9.17, 15) is 14.4 Å². The van der Waals surface area contributed by atoms with Gasteiger partial charge in [0.25, 0.3) is 0 Å². The van der Waals surface area contributed by atoms with Gasteiger partial charge < -0.3 is 15.7 Å². The van der Waals surface area contributed by atoms with Crippen molar-refractivity contribution in [1.29, 1.82) is 0 Å². The fourth-order valence-corrected chi connectivity index (χ4v) is 1.54. The van der Waals surface area contributed by atoms with E-state index in [-0.39, 0.29) is 6.42 Å². The number of hydrogen-bond acceptors (Lipinski definition) is 4. The Kier molecular flexibility index (Phi) is 5.46. The van der Waals surface area contributed by atoms with Crippen LogP contribution in [-0.4, -0.2) is 45.9 Å². The molecule has 0 saturated carbocycles. The molecule has 0 aliphatic carbocycles. The van der Waals surface area contributed by atoms with E-state index in [0.29, 0.717) is 6.42 Å². The lowest BCUT2D eigenvalue weighted by Gasteiger charge is -2.18. The number of hydrogen-bond donors (Lipinski definition) is 2. The summed E-state index contributed by atoms with van der Waals surface area (Å²) < 4.78 is 0. The van der Waals surface area contributed by atoms with Crippen molar-refractivity contribution in [2.75, 3.05) is 13.1 Å². The Morgan fingerprint density at radius 1 is 1.32 bits per heavy atom. The van der Waals surface area contributed by atoms with Crippen LogP contribution in [0.5, 0.6) is 0 Å². The summed E-state index contributed by atoms with van der Waals surface area (Å²) in [7, 11) is 0. The lowest BCUT2D eigenvalue weighted by molar-refractivity contribution is -0.145. The van der Waals surface area contributed by atoms with E-state index in [2.05, 4.69) is 4.98 Å². The molecule has 0 aliphatic heterocycles. The Hall–Kier alpha value is -2.44. The van der Waals surface area contributed by atoms with Crippen molar-refractivity contribution < 1.29 is 19.5 Å². The second kappa shape index (κ2) is 7.10. The molecule has 0 radical (unpaired) electrons. The highest BCUT2D eigenvalue weighted by atomic mass is 16.4. The van der Waals surface area contributed by atoms with Crippen LogP contribution in [-0.2, 0) is 20.8 Å². The highest BCUT2D eigenvalue weighted by Gasteiger charge is 2.18. The summed E-state index contributed by atoms with van der Waals surface area (Å²) in [5, 5.41) is 8.67. The van der Waals surface area contributed by atoms with Crippen LogP contribution in [0.3, 0.4) is 0 Å². The Bertz CT molecular complexity index is 445. The van der Waals surface area contributed by atoms with Gasteiger partial charge in [-0.1, -0.05) is 6.07 Å². The summed E-state index contributed by atoms with van der Waals surface area (Å²) in [6.45, 7) is -0.924. The minimum Gasteiger partial charge on any atom is -0.480 e. The first kappa shape index (κ1) is 14.6. The second-order valence-corrected chi connectivity index (χ2v) is 3.97. The topological polar surface area (TPSA) is 114 Å². The normalized spacial score (nSPS) is 9.89. The predicted octanol–water partition coefficient (Wildman–Crippen LogP) is -0.587. The van der Waals surface area contributed by atoms with E-state index in [4.69, 9.17) is 10.8 Å². The number of nitrogens with two attached hydrogens (primary N) is 1. The van der Waals surface area contributed by atoms with Crippen LogP contribution in [0, 0.1) is 0 Å². The summed E-state index contributed by atoms with van der Waals surface area (Å²) >= 11 is 0. The van der Waals surface area contributed by atoms with Gasteiger partial charge in [-0.3, -0.25) is 19.4 Å². The van der Waals surface area contributed by atoms with Crippen LogP contribution in [0.2, 0.25) is 0 Å². The van der Waals surface area contributed by atoms with Crippen molar-refractivity contribution in [3.05, 3.63) is 30.1 Å². The zero-order chi connectivity index (χ0) is 14.3. The van der Waals surface area contributed by atoms with Crippen molar-refractivity contribution in [3.63, 3.8) is 0 Å². The maximum Gasteiger partial charge on any atom is 0.323 e. The number of carbonyl (C=O) groups is 3. The molecule has 0 spiro atoms. The second-order valence-electron chi connectivity index (χ2n) is 3.97. The van der Waals surface area contributed by atoms with Gasteiger partial charge in [-0.05, 0) is 18.1 Å². The van der Waals surface area contributed by atoms with E-state index in [1.807, 2.05) is 6.07 Å². The number of aromatic nitrogens is 1. The van der Waals surface area contributed by atoms with Crippen LogP contribution in [0.4, 0.5) is 0 Å². The molecule has 0 bridgehead atoms. The Labute approximate surface area is 110 Å². The number of pyridine rings is 1. The van der Waals surface area contributed by atoms with Gasteiger partial charge in [-0.25, -0.2) is 0 Å². The number of primary amides is 1. The van der Waals surface area contributed by atoms with E-state index < -0.39 is 30.9 Å². The van der Waals surface area contributed by atoms with Crippen molar-refractivity contribution in [1.82, 2.24) is 9.88 Å². The molecule has 0 atom stereocenters. The lowest BCUT2D eigenvalue weighted by Crippen LogP contribution is -2.41. The Morgan fingerprint density at radius 2 is 2.05 bits per heavy atom. The quantitative estimate of drug-likeness (QED) is 0.684. The zero-order valence-corrected chi connectivity index (χ0v) is 10.3. The summed E-state index contributed by atoms with van der Waals surface area (Å²) in [6.07, 6.45) is 3.78. The largest absolute Gasteiger partial charge is 0.480 e. The number of amides is 2. The molecule has 0 saturated heterocycles. The lowest BCUT2D eigenvalue weighted by atomic mass is 10.1. The van der Waals surface area contributed by atoms with Crippen molar-refractivity contribution in [2.24, 2.45) is 5.73 Å². The maximum absolute atomic E-state index is 11.8. The molecular formula is C12H15N3O4. The maximum atomic E-state index is 11.8. The number of carboxylic acid groups (broad SMARTS) is 1. The summed E-state index contributed by atoms with van der Waals surface area (Å²) in [5.41, 5.74) is 5.84.